The summed E-state index contributed by atoms with van der Waals surface area (Å²) in [4.78, 5) is 0. The van der Waals surface area contributed by atoms with Crippen LogP contribution in [0.5, 0.6) is 0 Å². The number of quaternary nitrogens is 2. The fourth-order valence-corrected chi connectivity index (χ4v) is 3.23. The standard InChI is InChI=1S/C9H22NO3.C8H20NO3.2H2O/c1-2-3-10(4-7-11,5-8-12)6-9-13;1-2-9(3-6-10,4-7-11)5-8-12;;/h11-13H,2-9H2,1H3;10-12H,2-8H2,1H3;2*1H2/q2*+1;;/p-2. The first-order valence-electron chi connectivity index (χ1n) is 9.34. The van der Waals surface area contributed by atoms with E-state index in [2.05, 4.69) is 6.92 Å². The van der Waals surface area contributed by atoms with Gasteiger partial charge in [0.1, 0.15) is 39.3 Å². The van der Waals surface area contributed by atoms with Crippen LogP contribution < -0.4 is 0 Å². The first-order valence-corrected chi connectivity index (χ1v) is 9.34. The van der Waals surface area contributed by atoms with Gasteiger partial charge in [-0.1, -0.05) is 6.92 Å². The van der Waals surface area contributed by atoms with Crippen molar-refractivity contribution in [2.45, 2.75) is 20.3 Å². The first kappa shape index (κ1) is 34.1. The molecule has 0 heterocycles. The quantitative estimate of drug-likeness (QED) is 0.164. The summed E-state index contributed by atoms with van der Waals surface area (Å²) in [6.45, 7) is 10.1. The monoisotopic (exact) mass is 404 g/mol. The van der Waals surface area contributed by atoms with Gasteiger partial charge in [0.2, 0.25) is 0 Å². The average Bonchev–Trinajstić information content (AvgIpc) is 2.57. The third-order valence-corrected chi connectivity index (χ3v) is 4.81. The maximum atomic E-state index is 8.90. The van der Waals surface area contributed by atoms with Gasteiger partial charge in [0.15, 0.2) is 0 Å². The van der Waals surface area contributed by atoms with Gasteiger partial charge in [-0.25, -0.2) is 0 Å². The molecule has 8 N–H and O–H groups in total. The Bertz CT molecular complexity index is 239. The molecule has 27 heavy (non-hydrogen) atoms. The number of hydrogen-bond acceptors (Lipinski definition) is 8. The molecule has 0 radical (unpaired) electrons. The molecule has 0 fully saturated rings. The minimum Gasteiger partial charge on any atom is -0.870 e. The topological polar surface area (TPSA) is 181 Å². The first-order chi connectivity index (χ1) is 12.0. The molecule has 0 aromatic carbocycles. The molecule has 0 amide bonds. The minimum atomic E-state index is 0. The molecule has 0 atom stereocenters. The lowest BCUT2D eigenvalue weighted by molar-refractivity contribution is -0.929. The number of aliphatic hydroxyl groups excluding tert-OH is 6. The van der Waals surface area contributed by atoms with E-state index in [0.29, 0.717) is 48.2 Å². The maximum absolute atomic E-state index is 8.90. The number of likely N-dealkylation sites (N-methyl/N-ethyl adjacent to an activating group) is 1. The molecule has 0 rings (SSSR count). The Labute approximate surface area is 163 Å². The minimum absolute atomic E-state index is 0. The van der Waals surface area contributed by atoms with Gasteiger partial charge in [0.05, 0.1) is 52.7 Å². The predicted octanol–water partition coefficient (Wildman–Crippen LogP) is -2.36. The van der Waals surface area contributed by atoms with Crippen LogP contribution in [0.15, 0.2) is 0 Å². The molecule has 10 heteroatoms. The van der Waals surface area contributed by atoms with Gasteiger partial charge in [0, 0.05) is 0 Å². The van der Waals surface area contributed by atoms with Gasteiger partial charge in [-0.2, -0.15) is 0 Å². The van der Waals surface area contributed by atoms with E-state index in [1.807, 2.05) is 6.92 Å². The summed E-state index contributed by atoms with van der Waals surface area (Å²) >= 11 is 0. The molecule has 0 saturated heterocycles. The molecule has 10 nitrogen and oxygen atoms in total. The zero-order valence-electron chi connectivity index (χ0n) is 17.1. The number of aliphatic hydroxyl groups is 6. The number of nitrogens with zero attached hydrogens (tertiary/aromatic N) is 2. The van der Waals surface area contributed by atoms with Gasteiger partial charge in [-0.3, -0.25) is 0 Å². The second-order valence-electron chi connectivity index (χ2n) is 6.41. The number of hydrogen-bond donors (Lipinski definition) is 6. The molecule has 0 aliphatic heterocycles. The summed E-state index contributed by atoms with van der Waals surface area (Å²) in [5.74, 6) is 0. The smallest absolute Gasteiger partial charge is 0.102 e. The van der Waals surface area contributed by atoms with Crippen LogP contribution in [0.3, 0.4) is 0 Å². The summed E-state index contributed by atoms with van der Waals surface area (Å²) in [7, 11) is 0. The molecular weight excluding hydrogens is 360 g/mol. The molecule has 0 aromatic heterocycles. The van der Waals surface area contributed by atoms with Crippen molar-refractivity contribution in [1.82, 2.24) is 0 Å². The van der Waals surface area contributed by atoms with Gasteiger partial charge in [-0.15, -0.1) is 0 Å². The molecule has 0 aromatic rings. The van der Waals surface area contributed by atoms with Crippen molar-refractivity contribution in [3.05, 3.63) is 0 Å². The summed E-state index contributed by atoms with van der Waals surface area (Å²) in [6.07, 6.45) is 1.00. The van der Waals surface area contributed by atoms with Gasteiger partial charge in [-0.05, 0) is 13.3 Å². The van der Waals surface area contributed by atoms with Crippen molar-refractivity contribution < 1.29 is 50.6 Å². The van der Waals surface area contributed by atoms with E-state index in [4.69, 9.17) is 30.6 Å². The van der Waals surface area contributed by atoms with Crippen molar-refractivity contribution in [2.24, 2.45) is 0 Å². The fourth-order valence-electron chi connectivity index (χ4n) is 3.23. The van der Waals surface area contributed by atoms with E-state index in [1.165, 1.54) is 0 Å². The molecule has 170 valence electrons. The van der Waals surface area contributed by atoms with E-state index in [9.17, 15) is 0 Å². The molecule has 0 spiro atoms. The summed E-state index contributed by atoms with van der Waals surface area (Å²) in [6, 6.07) is 0. The molecular formula is C17H44N2O8. The third kappa shape index (κ3) is 15.2. The Kier molecular flexibility index (Phi) is 27.7. The molecule has 0 bridgehead atoms. The van der Waals surface area contributed by atoms with Crippen LogP contribution in [0.1, 0.15) is 20.3 Å². The fraction of sp³-hybridized carbons (Fsp3) is 1.00. The van der Waals surface area contributed by atoms with Crippen molar-refractivity contribution in [2.75, 3.05) is 92.0 Å². The van der Waals surface area contributed by atoms with Crippen LogP contribution in [-0.4, -0.2) is 143 Å². The van der Waals surface area contributed by atoms with Gasteiger partial charge < -0.3 is 50.6 Å². The van der Waals surface area contributed by atoms with Gasteiger partial charge >= 0.3 is 0 Å². The molecule has 0 saturated carbocycles. The van der Waals surface area contributed by atoms with Gasteiger partial charge in [0.25, 0.3) is 0 Å². The molecule has 0 aliphatic carbocycles. The summed E-state index contributed by atoms with van der Waals surface area (Å²) < 4.78 is 1.23. The third-order valence-electron chi connectivity index (χ3n) is 4.81. The van der Waals surface area contributed by atoms with E-state index in [0.717, 1.165) is 19.5 Å². The average molecular weight is 405 g/mol. The van der Waals surface area contributed by atoms with Crippen LogP contribution in [0.4, 0.5) is 0 Å². The lowest BCUT2D eigenvalue weighted by Gasteiger charge is -2.37. The van der Waals surface area contributed by atoms with Crippen LogP contribution in [0.2, 0.25) is 0 Å². The van der Waals surface area contributed by atoms with Crippen molar-refractivity contribution in [3.8, 4) is 0 Å². The highest BCUT2D eigenvalue weighted by molar-refractivity contribution is 4.44. The van der Waals surface area contributed by atoms with Crippen molar-refractivity contribution in [3.63, 3.8) is 0 Å². The Morgan fingerprint density at radius 1 is 0.444 bits per heavy atom. The SMILES string of the molecule is CCC[N+](CCO)(CCO)CCO.CC[N+](CCO)(CCO)CCO.[OH-].[OH-]. The van der Waals surface area contributed by atoms with E-state index < -0.39 is 0 Å². The maximum Gasteiger partial charge on any atom is 0.102 e. The Morgan fingerprint density at radius 2 is 0.704 bits per heavy atom. The highest BCUT2D eigenvalue weighted by Crippen LogP contribution is 2.07. The Morgan fingerprint density at radius 3 is 0.889 bits per heavy atom. The Balaban J connectivity index is -0.000000183. The molecule has 0 aliphatic rings. The normalized spacial score (nSPS) is 11.1. The zero-order chi connectivity index (χ0) is 19.6. The van der Waals surface area contributed by atoms with Crippen LogP contribution >= 0.6 is 0 Å². The van der Waals surface area contributed by atoms with Crippen LogP contribution in [-0.2, 0) is 0 Å². The van der Waals surface area contributed by atoms with Crippen LogP contribution in [0, 0.1) is 0 Å². The van der Waals surface area contributed by atoms with E-state index in [-0.39, 0.29) is 50.6 Å². The zero-order valence-corrected chi connectivity index (χ0v) is 17.1. The van der Waals surface area contributed by atoms with Crippen LogP contribution in [0.25, 0.3) is 0 Å². The Hall–Kier alpha value is -0.400. The largest absolute Gasteiger partial charge is 0.870 e. The van der Waals surface area contributed by atoms with E-state index >= 15 is 0 Å². The number of rotatable bonds is 15. The highest BCUT2D eigenvalue weighted by atomic mass is 16.3. The summed E-state index contributed by atoms with van der Waals surface area (Å²) in [5, 5.41) is 53.1. The second-order valence-corrected chi connectivity index (χ2v) is 6.41. The lowest BCUT2D eigenvalue weighted by atomic mass is 10.3. The second kappa shape index (κ2) is 21.9. The van der Waals surface area contributed by atoms with E-state index in [1.54, 1.807) is 0 Å². The molecule has 0 unspecified atom stereocenters. The van der Waals surface area contributed by atoms with Crippen molar-refractivity contribution in [1.29, 1.82) is 0 Å². The highest BCUT2D eigenvalue weighted by Gasteiger charge is 2.24. The summed E-state index contributed by atoms with van der Waals surface area (Å²) in [5.41, 5.74) is 0. The van der Waals surface area contributed by atoms with Crippen molar-refractivity contribution >= 4 is 0 Å². The predicted molar refractivity (Wildman–Crippen MR) is 102 cm³/mol. The lowest BCUT2D eigenvalue weighted by Crippen LogP contribution is -2.53.